The van der Waals surface area contributed by atoms with Gasteiger partial charge >= 0.3 is 0 Å². The minimum atomic E-state index is 0.197. The summed E-state index contributed by atoms with van der Waals surface area (Å²) in [6.45, 7) is 0.845. The van der Waals surface area contributed by atoms with Crippen LogP contribution in [0, 0.1) is 0 Å². The molecule has 0 radical (unpaired) electrons. The van der Waals surface area contributed by atoms with Crippen molar-refractivity contribution in [2.45, 2.75) is 31.7 Å². The number of hydrogen-bond acceptors (Lipinski definition) is 3. The molecule has 1 aromatic heterocycles. The Bertz CT molecular complexity index is 706. The zero-order valence-corrected chi connectivity index (χ0v) is 15.3. The lowest BCUT2D eigenvalue weighted by Crippen LogP contribution is -2.30. The van der Waals surface area contributed by atoms with Crippen molar-refractivity contribution in [3.63, 3.8) is 0 Å². The Morgan fingerprint density at radius 3 is 2.83 bits per heavy atom. The molecule has 3 rings (SSSR count). The van der Waals surface area contributed by atoms with Gasteiger partial charge in [-0.1, -0.05) is 6.07 Å². The fourth-order valence-electron chi connectivity index (χ4n) is 3.26. The van der Waals surface area contributed by atoms with E-state index < -0.39 is 0 Å². The van der Waals surface area contributed by atoms with Gasteiger partial charge in [-0.3, -0.25) is 9.78 Å². The van der Waals surface area contributed by atoms with Gasteiger partial charge in [0, 0.05) is 25.4 Å². The number of methoxy groups -OCH3 is 1. The number of hydrogen-bond donors (Lipinski definition) is 0. The number of likely N-dealkylation sites (tertiary alicyclic amines) is 1. The Balaban J connectivity index is 1.63. The summed E-state index contributed by atoms with van der Waals surface area (Å²) in [4.78, 5) is 18.8. The fraction of sp³-hybridized carbons (Fsp3) is 0.368. The van der Waals surface area contributed by atoms with E-state index >= 15 is 0 Å². The number of aromatic nitrogens is 1. The largest absolute Gasteiger partial charge is 0.496 e. The molecule has 2 aromatic rings. The molecule has 1 atom stereocenters. The van der Waals surface area contributed by atoms with Crippen LogP contribution < -0.4 is 4.74 Å². The number of halogens is 1. The molecule has 1 aliphatic rings. The van der Waals surface area contributed by atoms with E-state index in [0.717, 1.165) is 41.6 Å². The van der Waals surface area contributed by atoms with Crippen LogP contribution in [0.1, 0.15) is 36.4 Å². The van der Waals surface area contributed by atoms with Crippen LogP contribution >= 0.6 is 15.9 Å². The van der Waals surface area contributed by atoms with Gasteiger partial charge in [0.05, 0.1) is 17.6 Å². The Hall–Kier alpha value is -1.88. The highest BCUT2D eigenvalue weighted by molar-refractivity contribution is 9.10. The predicted molar refractivity (Wildman–Crippen MR) is 96.9 cm³/mol. The molecular formula is C19H21BrN2O2. The van der Waals surface area contributed by atoms with Gasteiger partial charge < -0.3 is 9.64 Å². The molecule has 5 heteroatoms. The summed E-state index contributed by atoms with van der Waals surface area (Å²) >= 11 is 3.49. The number of nitrogens with zero attached hydrogens (tertiary/aromatic N) is 2. The first-order chi connectivity index (χ1) is 11.7. The minimum absolute atomic E-state index is 0.197. The van der Waals surface area contributed by atoms with Gasteiger partial charge in [0.15, 0.2) is 0 Å². The van der Waals surface area contributed by atoms with Gasteiger partial charge in [-0.2, -0.15) is 0 Å². The summed E-state index contributed by atoms with van der Waals surface area (Å²) in [7, 11) is 1.65. The number of rotatable bonds is 5. The number of ether oxygens (including phenoxy) is 1. The lowest BCUT2D eigenvalue weighted by atomic mass is 10.1. The van der Waals surface area contributed by atoms with Crippen LogP contribution in [-0.4, -0.2) is 29.4 Å². The molecular weight excluding hydrogens is 368 g/mol. The number of carbonyl (C=O) groups is 1. The van der Waals surface area contributed by atoms with Crippen molar-refractivity contribution in [2.24, 2.45) is 0 Å². The van der Waals surface area contributed by atoms with Crippen LogP contribution in [0.4, 0.5) is 0 Å². The molecule has 0 spiro atoms. The van der Waals surface area contributed by atoms with E-state index in [1.54, 1.807) is 19.5 Å². The van der Waals surface area contributed by atoms with E-state index in [-0.39, 0.29) is 11.9 Å². The van der Waals surface area contributed by atoms with E-state index in [2.05, 4.69) is 20.9 Å². The Kier molecular flexibility index (Phi) is 5.51. The highest BCUT2D eigenvalue weighted by atomic mass is 79.9. The van der Waals surface area contributed by atoms with Crippen molar-refractivity contribution < 1.29 is 9.53 Å². The van der Waals surface area contributed by atoms with E-state index in [1.165, 1.54) is 5.56 Å². The van der Waals surface area contributed by atoms with Gasteiger partial charge in [-0.05, 0) is 70.6 Å². The Labute approximate surface area is 151 Å². The van der Waals surface area contributed by atoms with Crippen molar-refractivity contribution in [1.82, 2.24) is 9.88 Å². The summed E-state index contributed by atoms with van der Waals surface area (Å²) in [5.41, 5.74) is 2.32. The maximum absolute atomic E-state index is 12.7. The first kappa shape index (κ1) is 17.0. The van der Waals surface area contributed by atoms with Crippen LogP contribution in [0.15, 0.2) is 47.2 Å². The van der Waals surface area contributed by atoms with Gasteiger partial charge in [0.2, 0.25) is 5.91 Å². The second-order valence-corrected chi connectivity index (χ2v) is 6.85. The standard InChI is InChI=1S/C19H21BrN2O2/c1-24-18-6-4-14(13-16(18)20)5-7-19(23)22-12-2-3-17(22)15-8-10-21-11-9-15/h4,6,8-11,13,17H,2-3,5,7,12H2,1H3/t17-/m0/s1. The normalized spacial score (nSPS) is 17.1. The molecule has 4 nitrogen and oxygen atoms in total. The molecule has 1 aliphatic heterocycles. The lowest BCUT2D eigenvalue weighted by Gasteiger charge is -2.25. The quantitative estimate of drug-likeness (QED) is 0.772. The molecule has 0 aliphatic carbocycles. The molecule has 0 saturated carbocycles. The van der Waals surface area contributed by atoms with E-state index in [1.807, 2.05) is 35.2 Å². The average Bonchev–Trinajstić information content (AvgIpc) is 3.10. The van der Waals surface area contributed by atoms with Gasteiger partial charge in [-0.15, -0.1) is 0 Å². The number of pyridine rings is 1. The van der Waals surface area contributed by atoms with Crippen LogP contribution in [0.3, 0.4) is 0 Å². The van der Waals surface area contributed by atoms with Crippen LogP contribution in [-0.2, 0) is 11.2 Å². The smallest absolute Gasteiger partial charge is 0.223 e. The Morgan fingerprint density at radius 2 is 2.12 bits per heavy atom. The van der Waals surface area contributed by atoms with E-state index in [9.17, 15) is 4.79 Å². The monoisotopic (exact) mass is 388 g/mol. The molecule has 1 aromatic carbocycles. The first-order valence-corrected chi connectivity index (χ1v) is 9.00. The third-order valence-corrected chi connectivity index (χ3v) is 5.13. The molecule has 126 valence electrons. The van der Waals surface area contributed by atoms with E-state index in [0.29, 0.717) is 6.42 Å². The molecule has 1 saturated heterocycles. The van der Waals surface area contributed by atoms with Crippen molar-refractivity contribution in [1.29, 1.82) is 0 Å². The number of amides is 1. The summed E-state index contributed by atoms with van der Waals surface area (Å²) in [5.74, 6) is 1.03. The summed E-state index contributed by atoms with van der Waals surface area (Å²) in [6.07, 6.45) is 6.95. The zero-order valence-electron chi connectivity index (χ0n) is 13.7. The van der Waals surface area contributed by atoms with Gasteiger partial charge in [0.25, 0.3) is 0 Å². The molecule has 0 unspecified atom stereocenters. The maximum Gasteiger partial charge on any atom is 0.223 e. The maximum atomic E-state index is 12.7. The second-order valence-electron chi connectivity index (χ2n) is 5.99. The SMILES string of the molecule is COc1ccc(CCC(=O)N2CCC[C@H]2c2ccncc2)cc1Br. The fourth-order valence-corrected chi connectivity index (χ4v) is 3.85. The molecule has 1 fully saturated rings. The summed E-state index contributed by atoms with van der Waals surface area (Å²) in [6, 6.07) is 10.2. The van der Waals surface area contributed by atoms with Crippen molar-refractivity contribution in [3.05, 3.63) is 58.3 Å². The van der Waals surface area contributed by atoms with Crippen LogP contribution in [0.25, 0.3) is 0 Å². The average molecular weight is 389 g/mol. The molecule has 2 heterocycles. The van der Waals surface area contributed by atoms with Crippen molar-refractivity contribution in [2.75, 3.05) is 13.7 Å². The van der Waals surface area contributed by atoms with E-state index in [4.69, 9.17) is 4.74 Å². The van der Waals surface area contributed by atoms with Crippen molar-refractivity contribution in [3.8, 4) is 5.75 Å². The first-order valence-electron chi connectivity index (χ1n) is 8.21. The summed E-state index contributed by atoms with van der Waals surface area (Å²) < 4.78 is 6.16. The number of aryl methyl sites for hydroxylation is 1. The lowest BCUT2D eigenvalue weighted by molar-refractivity contribution is -0.132. The molecule has 1 amide bonds. The van der Waals surface area contributed by atoms with Crippen molar-refractivity contribution >= 4 is 21.8 Å². The Morgan fingerprint density at radius 1 is 1.33 bits per heavy atom. The zero-order chi connectivity index (χ0) is 16.9. The topological polar surface area (TPSA) is 42.4 Å². The highest BCUT2D eigenvalue weighted by Crippen LogP contribution is 2.32. The van der Waals surface area contributed by atoms with Crippen LogP contribution in [0.2, 0.25) is 0 Å². The number of benzene rings is 1. The molecule has 0 bridgehead atoms. The van der Waals surface area contributed by atoms with Gasteiger partial charge in [-0.25, -0.2) is 0 Å². The second kappa shape index (κ2) is 7.79. The van der Waals surface area contributed by atoms with Gasteiger partial charge in [0.1, 0.15) is 5.75 Å². The number of carbonyl (C=O) groups excluding carboxylic acids is 1. The summed E-state index contributed by atoms with van der Waals surface area (Å²) in [5, 5.41) is 0. The molecule has 0 N–H and O–H groups in total. The van der Waals surface area contributed by atoms with Crippen LogP contribution in [0.5, 0.6) is 5.75 Å². The minimum Gasteiger partial charge on any atom is -0.496 e. The highest BCUT2D eigenvalue weighted by Gasteiger charge is 2.29. The third-order valence-electron chi connectivity index (χ3n) is 4.51. The third kappa shape index (κ3) is 3.78. The predicted octanol–water partition coefficient (Wildman–Crippen LogP) is 4.15. The molecule has 24 heavy (non-hydrogen) atoms.